The molecule has 64 heavy (non-hydrogen) atoms. The zero-order valence-electron chi connectivity index (χ0n) is 37.4. The molecule has 3 aliphatic heterocycles. The average molecular weight is 885 g/mol. The second-order valence-corrected chi connectivity index (χ2v) is 19.4. The molecule has 5 aromatic rings. The molecular formula is C45H58F2N12O5. The van der Waals surface area contributed by atoms with Gasteiger partial charge in [0.2, 0.25) is 11.8 Å². The monoisotopic (exact) mass is 884 g/mol. The summed E-state index contributed by atoms with van der Waals surface area (Å²) < 4.78 is 41.3. The third-order valence-corrected chi connectivity index (χ3v) is 13.6. The number of nitrogens with zero attached hydrogens (tertiary/aromatic N) is 10. The summed E-state index contributed by atoms with van der Waals surface area (Å²) >= 11 is 0. The molecule has 17 nitrogen and oxygen atoms in total. The molecule has 3 saturated heterocycles. The van der Waals surface area contributed by atoms with Crippen molar-refractivity contribution < 1.29 is 27.9 Å². The first-order chi connectivity index (χ1) is 30.4. The van der Waals surface area contributed by atoms with Crippen LogP contribution in [0, 0.1) is 5.92 Å². The van der Waals surface area contributed by atoms with E-state index in [4.69, 9.17) is 9.72 Å². The predicted molar refractivity (Wildman–Crippen MR) is 237 cm³/mol. The molecule has 9 rings (SSSR count). The highest BCUT2D eigenvalue weighted by Gasteiger charge is 2.39. The molecule has 1 aliphatic carbocycles. The lowest BCUT2D eigenvalue weighted by molar-refractivity contribution is -0.136. The number of hydrogen-bond donors (Lipinski definition) is 2. The molecule has 4 fully saturated rings. The Morgan fingerprint density at radius 3 is 2.39 bits per heavy atom. The molecule has 1 atom stereocenters. The molecule has 2 N–H and O–H groups in total. The molecule has 1 unspecified atom stereocenters. The first-order valence-electron chi connectivity index (χ1n) is 22.4. The number of hydrogen-bond acceptors (Lipinski definition) is 11. The van der Waals surface area contributed by atoms with Gasteiger partial charge in [0, 0.05) is 64.6 Å². The Labute approximate surface area is 369 Å². The van der Waals surface area contributed by atoms with Crippen molar-refractivity contribution in [2.24, 2.45) is 13.0 Å². The molecule has 1 aromatic carbocycles. The Balaban J connectivity index is 0.806. The lowest BCUT2D eigenvalue weighted by Gasteiger charge is -2.47. The minimum Gasteiger partial charge on any atom is -0.370 e. The Bertz CT molecular complexity index is 2630. The fourth-order valence-electron chi connectivity index (χ4n) is 10.8. The van der Waals surface area contributed by atoms with E-state index in [9.17, 15) is 28.0 Å². The second-order valence-electron chi connectivity index (χ2n) is 19.4. The van der Waals surface area contributed by atoms with Crippen LogP contribution in [-0.4, -0.2) is 113 Å². The highest BCUT2D eigenvalue weighted by atomic mass is 19.3. The van der Waals surface area contributed by atoms with Gasteiger partial charge in [0.15, 0.2) is 11.3 Å². The van der Waals surface area contributed by atoms with Crippen LogP contribution in [0.5, 0.6) is 0 Å². The summed E-state index contributed by atoms with van der Waals surface area (Å²) in [7, 11) is 3.91. The maximum atomic E-state index is 14.4. The summed E-state index contributed by atoms with van der Waals surface area (Å²) in [5.74, 6) is -0.242. The number of morpholine rings is 1. The Hall–Kier alpha value is -5.69. The normalized spacial score (nSPS) is 23.1. The number of halogens is 2. The van der Waals surface area contributed by atoms with Crippen LogP contribution in [0.15, 0.2) is 47.7 Å². The van der Waals surface area contributed by atoms with Crippen LogP contribution in [0.1, 0.15) is 114 Å². The van der Waals surface area contributed by atoms with Crippen molar-refractivity contribution in [3.63, 3.8) is 0 Å². The van der Waals surface area contributed by atoms with Crippen LogP contribution in [0.2, 0.25) is 0 Å². The van der Waals surface area contributed by atoms with Crippen LogP contribution in [0.4, 0.5) is 26.0 Å². The van der Waals surface area contributed by atoms with Gasteiger partial charge in [-0.05, 0) is 104 Å². The fraction of sp³-hybridized carbons (Fsp3) is 0.578. The molecule has 7 heterocycles. The number of amides is 3. The zero-order valence-corrected chi connectivity index (χ0v) is 37.4. The molecule has 4 aromatic heterocycles. The highest BCUT2D eigenvalue weighted by molar-refractivity contribution is 6.08. The SMILES string of the molecule is CN(CC1CCC(n2cc(NC(=O)c3cnn4ccc(N5CC(C)(C)OC(C)(C)C5)nc34)c(C(F)F)n2)CC1)C1CCN(c2cccc3c2n(C)c(=O)n3C2CCC(=O)NC2=O)CC1. The number of imidazole rings is 1. The van der Waals surface area contributed by atoms with Crippen molar-refractivity contribution in [1.82, 2.24) is 43.7 Å². The number of aromatic nitrogens is 7. The van der Waals surface area contributed by atoms with Gasteiger partial charge in [0.25, 0.3) is 12.3 Å². The van der Waals surface area contributed by atoms with Crippen LogP contribution < -0.4 is 26.1 Å². The average Bonchev–Trinajstić information content (AvgIpc) is 3.94. The van der Waals surface area contributed by atoms with Gasteiger partial charge in [0.05, 0.1) is 45.8 Å². The summed E-state index contributed by atoms with van der Waals surface area (Å²) in [6, 6.07) is 7.24. The van der Waals surface area contributed by atoms with Gasteiger partial charge in [-0.1, -0.05) is 6.07 Å². The van der Waals surface area contributed by atoms with Crippen molar-refractivity contribution in [2.75, 3.05) is 54.9 Å². The number of carbonyl (C=O) groups excluding carboxylic acids is 3. The minimum atomic E-state index is -2.88. The number of nitrogens with one attached hydrogen (secondary N) is 2. The van der Waals surface area contributed by atoms with E-state index in [0.717, 1.165) is 69.4 Å². The molecule has 19 heteroatoms. The number of benzene rings is 1. The molecule has 1 saturated carbocycles. The number of fused-ring (bicyclic) bond motifs is 2. The number of anilines is 3. The number of rotatable bonds is 10. The Morgan fingerprint density at radius 1 is 0.984 bits per heavy atom. The van der Waals surface area contributed by atoms with Crippen molar-refractivity contribution in [1.29, 1.82) is 0 Å². The van der Waals surface area contributed by atoms with Gasteiger partial charge < -0.3 is 24.8 Å². The van der Waals surface area contributed by atoms with Gasteiger partial charge in [-0.2, -0.15) is 10.2 Å². The van der Waals surface area contributed by atoms with Crippen LogP contribution in [0.3, 0.4) is 0 Å². The minimum absolute atomic E-state index is 0.0225. The zero-order chi connectivity index (χ0) is 45.2. The summed E-state index contributed by atoms with van der Waals surface area (Å²) in [4.78, 5) is 63.4. The van der Waals surface area contributed by atoms with Gasteiger partial charge in [-0.3, -0.25) is 33.5 Å². The Kier molecular flexibility index (Phi) is 11.4. The van der Waals surface area contributed by atoms with Gasteiger partial charge >= 0.3 is 5.69 Å². The smallest absolute Gasteiger partial charge is 0.329 e. The quantitative estimate of drug-likeness (QED) is 0.171. The number of alkyl halides is 2. The van der Waals surface area contributed by atoms with E-state index < -0.39 is 41.2 Å². The van der Waals surface area contributed by atoms with Crippen molar-refractivity contribution in [3.8, 4) is 0 Å². The van der Waals surface area contributed by atoms with Gasteiger partial charge in [-0.15, -0.1) is 0 Å². The number of para-hydroxylation sites is 1. The lowest BCUT2D eigenvalue weighted by atomic mass is 9.85. The maximum Gasteiger partial charge on any atom is 0.329 e. The summed E-state index contributed by atoms with van der Waals surface area (Å²) in [6.07, 6.45) is 7.58. The van der Waals surface area contributed by atoms with E-state index in [0.29, 0.717) is 42.0 Å². The Morgan fingerprint density at radius 2 is 1.70 bits per heavy atom. The second kappa shape index (κ2) is 16.7. The van der Waals surface area contributed by atoms with Gasteiger partial charge in [0.1, 0.15) is 17.4 Å². The maximum absolute atomic E-state index is 14.4. The number of imide groups is 1. The van der Waals surface area contributed by atoms with Crippen molar-refractivity contribution >= 4 is 51.6 Å². The third-order valence-electron chi connectivity index (χ3n) is 13.6. The van der Waals surface area contributed by atoms with Crippen LogP contribution in [0.25, 0.3) is 16.7 Å². The molecule has 3 amide bonds. The molecular weight excluding hydrogens is 827 g/mol. The molecule has 0 bridgehead atoms. The number of aryl methyl sites for hydroxylation is 1. The summed E-state index contributed by atoms with van der Waals surface area (Å²) in [5.41, 5.74) is 1.31. The van der Waals surface area contributed by atoms with Crippen molar-refractivity contribution in [2.45, 2.75) is 115 Å². The van der Waals surface area contributed by atoms with E-state index in [2.05, 4.69) is 42.6 Å². The largest absolute Gasteiger partial charge is 0.370 e. The molecule has 342 valence electrons. The molecule has 4 aliphatic rings. The van der Waals surface area contributed by atoms with E-state index in [1.54, 1.807) is 22.5 Å². The third kappa shape index (κ3) is 8.39. The first kappa shape index (κ1) is 43.6. The summed E-state index contributed by atoms with van der Waals surface area (Å²) in [6.45, 7) is 11.9. The van der Waals surface area contributed by atoms with E-state index in [1.165, 1.54) is 21.5 Å². The van der Waals surface area contributed by atoms with Crippen LogP contribution in [-0.2, 0) is 21.4 Å². The summed E-state index contributed by atoms with van der Waals surface area (Å²) in [5, 5.41) is 13.7. The van der Waals surface area contributed by atoms with E-state index >= 15 is 0 Å². The number of ether oxygens (including phenoxy) is 1. The topological polar surface area (TPSA) is 169 Å². The molecule has 0 spiro atoms. The van der Waals surface area contributed by atoms with E-state index in [1.807, 2.05) is 52.0 Å². The van der Waals surface area contributed by atoms with Crippen molar-refractivity contribution in [3.05, 3.63) is 64.6 Å². The number of piperidine rings is 2. The molecule has 0 radical (unpaired) electrons. The fourth-order valence-corrected chi connectivity index (χ4v) is 10.8. The predicted octanol–water partition coefficient (Wildman–Crippen LogP) is 5.47. The lowest BCUT2D eigenvalue weighted by Crippen LogP contribution is -2.57. The first-order valence-corrected chi connectivity index (χ1v) is 22.4. The highest BCUT2D eigenvalue weighted by Crippen LogP contribution is 2.37. The standard InChI is InChI=1S/C45H58F2N12O5/c1-44(2)25-56(26-45(3,4)64-44)35-18-21-57-40(50-35)30(22-48-57)41(61)49-31-24-58(52-37(31)39(46)47)29-12-10-27(11-13-29)23-53(5)28-16-19-55(20-17-28)32-8-7-9-33-38(32)54(6)43(63)59(33)34-14-15-36(60)51-42(34)62/h7-9,18,21-22,24,27-29,34,39H,10-17,19-20,23,25-26H2,1-6H3,(H,49,61)(H,51,60,62). The van der Waals surface area contributed by atoms with E-state index in [-0.39, 0.29) is 41.7 Å². The van der Waals surface area contributed by atoms with Crippen LogP contribution >= 0.6 is 0 Å². The van der Waals surface area contributed by atoms with Gasteiger partial charge in [-0.25, -0.2) is 23.1 Å². The number of carbonyl (C=O) groups is 3.